The quantitative estimate of drug-likeness (QED) is 0.891. The lowest BCUT2D eigenvalue weighted by molar-refractivity contribution is -0.125. The highest BCUT2D eigenvalue weighted by Crippen LogP contribution is 2.39. The van der Waals surface area contributed by atoms with Gasteiger partial charge >= 0.3 is 0 Å². The van der Waals surface area contributed by atoms with Crippen molar-refractivity contribution in [3.05, 3.63) is 30.3 Å². The summed E-state index contributed by atoms with van der Waals surface area (Å²) in [6.07, 6.45) is 5.74. The maximum Gasteiger partial charge on any atom is 0.258 e. The van der Waals surface area contributed by atoms with E-state index in [-0.39, 0.29) is 12.5 Å². The van der Waals surface area contributed by atoms with E-state index >= 15 is 0 Å². The van der Waals surface area contributed by atoms with Crippen LogP contribution in [-0.2, 0) is 4.79 Å². The summed E-state index contributed by atoms with van der Waals surface area (Å²) in [6.45, 7) is 0.0893. The van der Waals surface area contributed by atoms with Gasteiger partial charge in [0, 0.05) is 12.1 Å². The lowest BCUT2D eigenvalue weighted by Crippen LogP contribution is -2.54. The third-order valence-electron chi connectivity index (χ3n) is 4.82. The number of nitrogens with one attached hydrogen (secondary N) is 1. The first kappa shape index (κ1) is 14.4. The zero-order valence-electron chi connectivity index (χ0n) is 12.3. The van der Waals surface area contributed by atoms with Gasteiger partial charge in [0.15, 0.2) is 6.61 Å². The number of fused-ring (bicyclic) bond motifs is 2. The van der Waals surface area contributed by atoms with Crippen LogP contribution in [0.3, 0.4) is 0 Å². The minimum atomic E-state index is -0.0174. The topological polar surface area (TPSA) is 64.3 Å². The van der Waals surface area contributed by atoms with Crippen LogP contribution in [0.5, 0.6) is 5.75 Å². The van der Waals surface area contributed by atoms with E-state index in [4.69, 9.17) is 10.5 Å². The van der Waals surface area contributed by atoms with Crippen LogP contribution in [0.2, 0.25) is 0 Å². The molecule has 4 nitrogen and oxygen atoms in total. The number of hydrogen-bond acceptors (Lipinski definition) is 3. The predicted molar refractivity (Wildman–Crippen MR) is 81.9 cm³/mol. The predicted octanol–water partition coefficient (Wildman–Crippen LogP) is 2.09. The van der Waals surface area contributed by atoms with Crippen molar-refractivity contribution in [3.63, 3.8) is 0 Å². The summed E-state index contributed by atoms with van der Waals surface area (Å²) in [5, 5.41) is 3.19. The van der Waals surface area contributed by atoms with Crippen molar-refractivity contribution in [1.29, 1.82) is 0 Å². The van der Waals surface area contributed by atoms with Gasteiger partial charge in [-0.25, -0.2) is 0 Å². The first-order chi connectivity index (χ1) is 10.2. The molecule has 4 heteroatoms. The summed E-state index contributed by atoms with van der Waals surface area (Å²) >= 11 is 0. The van der Waals surface area contributed by atoms with E-state index in [0.29, 0.717) is 23.9 Å². The molecule has 0 spiro atoms. The smallest absolute Gasteiger partial charge is 0.258 e. The Kier molecular flexibility index (Phi) is 4.44. The van der Waals surface area contributed by atoms with Gasteiger partial charge < -0.3 is 15.8 Å². The number of rotatable bonds is 4. The average molecular weight is 288 g/mol. The number of carbonyl (C=O) groups excluding carboxylic acids is 1. The molecule has 0 heterocycles. The van der Waals surface area contributed by atoms with Crippen LogP contribution in [-0.4, -0.2) is 24.6 Å². The van der Waals surface area contributed by atoms with Gasteiger partial charge in [0.2, 0.25) is 0 Å². The summed E-state index contributed by atoms with van der Waals surface area (Å²) in [4.78, 5) is 12.1. The molecule has 2 atom stereocenters. The molecule has 2 aliphatic carbocycles. The van der Waals surface area contributed by atoms with E-state index in [0.717, 1.165) is 18.6 Å². The maximum atomic E-state index is 12.1. The second kappa shape index (κ2) is 6.48. The van der Waals surface area contributed by atoms with Gasteiger partial charge in [-0.1, -0.05) is 24.6 Å². The molecular weight excluding hydrogens is 264 g/mol. The standard InChI is InChI=1S/C17H24N2O2/c18-14-9-12-5-4-6-13(10-14)17(12)19-16(20)11-21-15-7-2-1-3-8-15/h1-3,7-8,12-14,17H,4-6,9-11,18H2,(H,19,20). The highest BCUT2D eigenvalue weighted by Gasteiger charge is 2.39. The van der Waals surface area contributed by atoms with Crippen LogP contribution in [0.4, 0.5) is 0 Å². The van der Waals surface area contributed by atoms with Crippen LogP contribution in [0, 0.1) is 11.8 Å². The summed E-state index contributed by atoms with van der Waals surface area (Å²) < 4.78 is 5.52. The minimum Gasteiger partial charge on any atom is -0.484 e. The Bertz CT molecular complexity index is 463. The molecule has 0 aromatic heterocycles. The van der Waals surface area contributed by atoms with Crippen molar-refractivity contribution in [1.82, 2.24) is 5.32 Å². The number of para-hydroxylation sites is 1. The Hall–Kier alpha value is -1.55. The Morgan fingerprint density at radius 2 is 1.86 bits per heavy atom. The molecule has 21 heavy (non-hydrogen) atoms. The fraction of sp³-hybridized carbons (Fsp3) is 0.588. The Labute approximate surface area is 126 Å². The summed E-state index contributed by atoms with van der Waals surface area (Å²) in [6, 6.07) is 10.1. The van der Waals surface area contributed by atoms with Crippen molar-refractivity contribution < 1.29 is 9.53 Å². The summed E-state index contributed by atoms with van der Waals surface area (Å²) in [5.41, 5.74) is 6.12. The van der Waals surface area contributed by atoms with Crippen LogP contribution < -0.4 is 15.8 Å². The molecule has 0 saturated heterocycles. The van der Waals surface area contributed by atoms with Gasteiger partial charge in [0.1, 0.15) is 5.75 Å². The van der Waals surface area contributed by atoms with E-state index < -0.39 is 0 Å². The van der Waals surface area contributed by atoms with Crippen molar-refractivity contribution in [2.24, 2.45) is 17.6 Å². The molecule has 2 unspecified atom stereocenters. The van der Waals surface area contributed by atoms with E-state index in [9.17, 15) is 4.79 Å². The van der Waals surface area contributed by atoms with Crippen LogP contribution in [0.1, 0.15) is 32.1 Å². The molecule has 2 aliphatic rings. The molecule has 0 aliphatic heterocycles. The molecule has 2 bridgehead atoms. The highest BCUT2D eigenvalue weighted by molar-refractivity contribution is 5.78. The molecule has 114 valence electrons. The van der Waals surface area contributed by atoms with Gasteiger partial charge in [-0.2, -0.15) is 0 Å². The van der Waals surface area contributed by atoms with Gasteiger partial charge in [0.25, 0.3) is 5.91 Å². The van der Waals surface area contributed by atoms with E-state index in [2.05, 4.69) is 5.32 Å². The number of ether oxygens (including phenoxy) is 1. The van der Waals surface area contributed by atoms with Gasteiger partial charge in [-0.3, -0.25) is 4.79 Å². The van der Waals surface area contributed by atoms with Gasteiger partial charge in [-0.15, -0.1) is 0 Å². The molecule has 1 aromatic rings. The molecule has 2 fully saturated rings. The number of hydrogen-bond donors (Lipinski definition) is 2. The normalized spacial score (nSPS) is 31.5. The van der Waals surface area contributed by atoms with E-state index in [1.165, 1.54) is 19.3 Å². The minimum absolute atomic E-state index is 0.0174. The maximum absolute atomic E-state index is 12.1. The summed E-state index contributed by atoms with van der Waals surface area (Å²) in [7, 11) is 0. The lowest BCUT2D eigenvalue weighted by atomic mass is 9.67. The zero-order chi connectivity index (χ0) is 14.7. The monoisotopic (exact) mass is 288 g/mol. The number of benzene rings is 1. The van der Waals surface area contributed by atoms with Crippen LogP contribution in [0.15, 0.2) is 30.3 Å². The van der Waals surface area contributed by atoms with Crippen molar-refractivity contribution in [3.8, 4) is 5.75 Å². The number of amides is 1. The largest absolute Gasteiger partial charge is 0.484 e. The molecule has 0 radical (unpaired) electrons. The lowest BCUT2D eigenvalue weighted by Gasteiger charge is -2.45. The van der Waals surface area contributed by atoms with Crippen LogP contribution >= 0.6 is 0 Å². The average Bonchev–Trinajstić information content (AvgIpc) is 2.47. The van der Waals surface area contributed by atoms with Crippen molar-refractivity contribution >= 4 is 5.91 Å². The second-order valence-electron chi connectivity index (χ2n) is 6.38. The second-order valence-corrected chi connectivity index (χ2v) is 6.38. The Morgan fingerprint density at radius 1 is 1.19 bits per heavy atom. The first-order valence-electron chi connectivity index (χ1n) is 7.95. The summed E-state index contributed by atoms with van der Waals surface area (Å²) in [5.74, 6) is 1.82. The first-order valence-corrected chi connectivity index (χ1v) is 7.95. The number of nitrogens with two attached hydrogens (primary N) is 1. The molecule has 2 saturated carbocycles. The molecule has 1 amide bonds. The Balaban J connectivity index is 1.52. The molecule has 3 rings (SSSR count). The van der Waals surface area contributed by atoms with Crippen molar-refractivity contribution in [2.45, 2.75) is 44.2 Å². The fourth-order valence-corrected chi connectivity index (χ4v) is 3.92. The van der Waals surface area contributed by atoms with E-state index in [1.807, 2.05) is 30.3 Å². The Morgan fingerprint density at radius 3 is 2.52 bits per heavy atom. The molecule has 3 N–H and O–H groups in total. The highest BCUT2D eigenvalue weighted by atomic mass is 16.5. The van der Waals surface area contributed by atoms with Crippen LogP contribution in [0.25, 0.3) is 0 Å². The third kappa shape index (κ3) is 3.56. The number of carbonyl (C=O) groups is 1. The molecular formula is C17H24N2O2. The van der Waals surface area contributed by atoms with Gasteiger partial charge in [-0.05, 0) is 49.7 Å². The molecule has 1 aromatic carbocycles. The zero-order valence-corrected chi connectivity index (χ0v) is 12.3. The third-order valence-corrected chi connectivity index (χ3v) is 4.82. The fourth-order valence-electron chi connectivity index (χ4n) is 3.92. The van der Waals surface area contributed by atoms with E-state index in [1.54, 1.807) is 0 Å². The van der Waals surface area contributed by atoms with Gasteiger partial charge in [0.05, 0.1) is 0 Å². The van der Waals surface area contributed by atoms with Crippen molar-refractivity contribution in [2.75, 3.05) is 6.61 Å². The SMILES string of the molecule is NC1CC2CCCC(C1)C2NC(=O)COc1ccccc1.